The zero-order chi connectivity index (χ0) is 12.3. The summed E-state index contributed by atoms with van der Waals surface area (Å²) in [6.07, 6.45) is 4.29. The lowest BCUT2D eigenvalue weighted by molar-refractivity contribution is 0.551. The maximum atomic E-state index is 4.32. The Morgan fingerprint density at radius 1 is 1.35 bits per heavy atom. The van der Waals surface area contributed by atoms with E-state index in [4.69, 9.17) is 0 Å². The SMILES string of the molecule is CNC(Cc1ncnn1C)c1ccc(C)nc1. The molecule has 0 radical (unpaired) electrons. The zero-order valence-electron chi connectivity index (χ0n) is 10.4. The normalized spacial score (nSPS) is 12.6. The first-order chi connectivity index (χ1) is 8.20. The molecule has 0 aliphatic rings. The maximum absolute atomic E-state index is 4.32. The van der Waals surface area contributed by atoms with Crippen LogP contribution in [0.2, 0.25) is 0 Å². The first-order valence-electron chi connectivity index (χ1n) is 5.63. The first kappa shape index (κ1) is 11.7. The second kappa shape index (κ2) is 5.05. The number of aromatic nitrogens is 4. The molecule has 0 fully saturated rings. The highest BCUT2D eigenvalue weighted by atomic mass is 15.3. The fraction of sp³-hybridized carbons (Fsp3) is 0.417. The van der Waals surface area contributed by atoms with Gasteiger partial charge >= 0.3 is 0 Å². The van der Waals surface area contributed by atoms with E-state index in [2.05, 4.69) is 26.4 Å². The third-order valence-corrected chi connectivity index (χ3v) is 2.88. The third kappa shape index (κ3) is 2.68. The molecule has 0 aromatic carbocycles. The molecule has 2 aromatic heterocycles. The van der Waals surface area contributed by atoms with Crippen LogP contribution in [0.4, 0.5) is 0 Å². The summed E-state index contributed by atoms with van der Waals surface area (Å²) in [4.78, 5) is 8.55. The van der Waals surface area contributed by atoms with E-state index in [0.29, 0.717) is 0 Å². The average molecular weight is 231 g/mol. The standard InChI is InChI=1S/C12H17N5/c1-9-4-5-10(7-14-9)11(13-2)6-12-15-8-16-17(12)3/h4-5,7-8,11,13H,6H2,1-3H3. The van der Waals surface area contributed by atoms with E-state index in [-0.39, 0.29) is 6.04 Å². The van der Waals surface area contributed by atoms with Crippen LogP contribution in [0.3, 0.4) is 0 Å². The van der Waals surface area contributed by atoms with Gasteiger partial charge < -0.3 is 5.32 Å². The number of nitrogens with zero attached hydrogens (tertiary/aromatic N) is 4. The Hall–Kier alpha value is -1.75. The lowest BCUT2D eigenvalue weighted by atomic mass is 10.1. The summed E-state index contributed by atoms with van der Waals surface area (Å²) >= 11 is 0. The topological polar surface area (TPSA) is 55.6 Å². The first-order valence-corrected chi connectivity index (χ1v) is 5.63. The van der Waals surface area contributed by atoms with Gasteiger partial charge in [-0.1, -0.05) is 6.07 Å². The molecule has 1 atom stereocenters. The van der Waals surface area contributed by atoms with Gasteiger partial charge in [-0.3, -0.25) is 9.67 Å². The predicted octanol–water partition coefficient (Wildman–Crippen LogP) is 1.02. The summed E-state index contributed by atoms with van der Waals surface area (Å²) in [5, 5.41) is 7.36. The quantitative estimate of drug-likeness (QED) is 0.853. The van der Waals surface area contributed by atoms with Gasteiger partial charge in [0.2, 0.25) is 0 Å². The minimum atomic E-state index is 0.214. The third-order valence-electron chi connectivity index (χ3n) is 2.88. The van der Waals surface area contributed by atoms with Gasteiger partial charge in [-0.05, 0) is 25.6 Å². The van der Waals surface area contributed by atoms with Crippen molar-refractivity contribution in [3.8, 4) is 0 Å². The minimum absolute atomic E-state index is 0.214. The molecule has 0 aliphatic heterocycles. The summed E-state index contributed by atoms with van der Waals surface area (Å²) < 4.78 is 1.80. The number of rotatable bonds is 4. The smallest absolute Gasteiger partial charge is 0.138 e. The largest absolute Gasteiger partial charge is 0.313 e. The molecular weight excluding hydrogens is 214 g/mol. The second-order valence-electron chi connectivity index (χ2n) is 4.08. The highest BCUT2D eigenvalue weighted by Crippen LogP contribution is 2.15. The summed E-state index contributed by atoms with van der Waals surface area (Å²) in [7, 11) is 3.85. The van der Waals surface area contributed by atoms with Crippen molar-refractivity contribution in [1.29, 1.82) is 0 Å². The number of hydrogen-bond acceptors (Lipinski definition) is 4. The van der Waals surface area contributed by atoms with Crippen molar-refractivity contribution in [2.75, 3.05) is 7.05 Å². The molecule has 0 amide bonds. The van der Waals surface area contributed by atoms with Gasteiger partial charge in [-0.25, -0.2) is 4.98 Å². The van der Waals surface area contributed by atoms with Crippen LogP contribution in [-0.4, -0.2) is 26.8 Å². The van der Waals surface area contributed by atoms with Crippen molar-refractivity contribution < 1.29 is 0 Å². The van der Waals surface area contributed by atoms with Crippen LogP contribution in [0.25, 0.3) is 0 Å². The lowest BCUT2D eigenvalue weighted by Gasteiger charge is -2.15. The second-order valence-corrected chi connectivity index (χ2v) is 4.08. The molecule has 2 rings (SSSR count). The van der Waals surface area contributed by atoms with Crippen molar-refractivity contribution in [3.63, 3.8) is 0 Å². The van der Waals surface area contributed by atoms with E-state index in [0.717, 1.165) is 17.9 Å². The summed E-state index contributed by atoms with van der Waals surface area (Å²) in [6.45, 7) is 1.99. The van der Waals surface area contributed by atoms with Crippen molar-refractivity contribution in [3.05, 3.63) is 41.7 Å². The summed E-state index contributed by atoms with van der Waals surface area (Å²) in [6, 6.07) is 4.34. The number of pyridine rings is 1. The van der Waals surface area contributed by atoms with E-state index < -0.39 is 0 Å². The van der Waals surface area contributed by atoms with Gasteiger partial charge in [0.25, 0.3) is 0 Å². The highest BCUT2D eigenvalue weighted by Gasteiger charge is 2.13. The van der Waals surface area contributed by atoms with E-state index in [9.17, 15) is 0 Å². The molecule has 1 unspecified atom stereocenters. The van der Waals surface area contributed by atoms with Crippen molar-refractivity contribution in [1.82, 2.24) is 25.1 Å². The Bertz CT molecular complexity index is 474. The number of nitrogens with one attached hydrogen (secondary N) is 1. The van der Waals surface area contributed by atoms with E-state index in [1.165, 1.54) is 5.56 Å². The maximum Gasteiger partial charge on any atom is 0.138 e. The number of aryl methyl sites for hydroxylation is 2. The van der Waals surface area contributed by atoms with Crippen LogP contribution in [0.1, 0.15) is 23.1 Å². The average Bonchev–Trinajstić information content (AvgIpc) is 2.73. The molecular formula is C12H17N5. The van der Waals surface area contributed by atoms with E-state index in [1.54, 1.807) is 11.0 Å². The van der Waals surface area contributed by atoms with E-state index >= 15 is 0 Å². The van der Waals surface area contributed by atoms with Crippen molar-refractivity contribution in [2.24, 2.45) is 7.05 Å². The van der Waals surface area contributed by atoms with Crippen LogP contribution in [-0.2, 0) is 13.5 Å². The number of hydrogen-bond donors (Lipinski definition) is 1. The molecule has 0 aliphatic carbocycles. The molecule has 0 spiro atoms. The molecule has 0 saturated carbocycles. The van der Waals surface area contributed by atoms with Gasteiger partial charge in [0.15, 0.2) is 0 Å². The Balaban J connectivity index is 2.17. The van der Waals surface area contributed by atoms with Gasteiger partial charge in [-0.2, -0.15) is 5.10 Å². The molecule has 5 nitrogen and oxygen atoms in total. The van der Waals surface area contributed by atoms with Gasteiger partial charge in [0.1, 0.15) is 12.2 Å². The molecule has 0 bridgehead atoms. The van der Waals surface area contributed by atoms with Crippen LogP contribution in [0.5, 0.6) is 0 Å². The molecule has 90 valence electrons. The van der Waals surface area contributed by atoms with Crippen LogP contribution >= 0.6 is 0 Å². The van der Waals surface area contributed by atoms with E-state index in [1.807, 2.05) is 33.3 Å². The molecule has 2 aromatic rings. The van der Waals surface area contributed by atoms with Crippen molar-refractivity contribution >= 4 is 0 Å². The van der Waals surface area contributed by atoms with Crippen LogP contribution in [0, 0.1) is 6.92 Å². The zero-order valence-corrected chi connectivity index (χ0v) is 10.4. The Morgan fingerprint density at radius 2 is 2.18 bits per heavy atom. The monoisotopic (exact) mass is 231 g/mol. The van der Waals surface area contributed by atoms with Gasteiger partial charge in [0.05, 0.1) is 0 Å². The van der Waals surface area contributed by atoms with Crippen LogP contribution < -0.4 is 5.32 Å². The molecule has 5 heteroatoms. The van der Waals surface area contributed by atoms with Gasteiger partial charge in [-0.15, -0.1) is 0 Å². The molecule has 1 N–H and O–H groups in total. The van der Waals surface area contributed by atoms with Crippen molar-refractivity contribution in [2.45, 2.75) is 19.4 Å². The Kier molecular flexibility index (Phi) is 3.49. The molecule has 17 heavy (non-hydrogen) atoms. The van der Waals surface area contributed by atoms with Gasteiger partial charge in [0, 0.05) is 31.4 Å². The molecule has 0 saturated heterocycles. The number of likely N-dealkylation sites (N-methyl/N-ethyl adjacent to an activating group) is 1. The summed E-state index contributed by atoms with van der Waals surface area (Å²) in [5.41, 5.74) is 2.20. The Labute approximate surface area is 101 Å². The molecule has 2 heterocycles. The fourth-order valence-corrected chi connectivity index (χ4v) is 1.76. The lowest BCUT2D eigenvalue weighted by Crippen LogP contribution is -2.20. The van der Waals surface area contributed by atoms with Crippen LogP contribution in [0.15, 0.2) is 24.7 Å². The Morgan fingerprint density at radius 3 is 2.71 bits per heavy atom. The fourth-order valence-electron chi connectivity index (χ4n) is 1.76. The highest BCUT2D eigenvalue weighted by molar-refractivity contribution is 5.18. The summed E-state index contributed by atoms with van der Waals surface area (Å²) in [5.74, 6) is 0.963. The predicted molar refractivity (Wildman–Crippen MR) is 65.5 cm³/mol. The minimum Gasteiger partial charge on any atom is -0.313 e.